The predicted octanol–water partition coefficient (Wildman–Crippen LogP) is 3.03. The molecule has 1 fully saturated rings. The molecule has 26 heavy (non-hydrogen) atoms. The van der Waals surface area contributed by atoms with Gasteiger partial charge in [-0.2, -0.15) is 0 Å². The van der Waals surface area contributed by atoms with E-state index in [1.807, 2.05) is 43.4 Å². The average Bonchev–Trinajstić information content (AvgIpc) is 3.30. The molecule has 1 atom stereocenters. The highest BCUT2D eigenvalue weighted by Gasteiger charge is 2.28. The molecule has 1 aromatic carbocycles. The van der Waals surface area contributed by atoms with Gasteiger partial charge < -0.3 is 14.4 Å². The highest BCUT2D eigenvalue weighted by molar-refractivity contribution is 7.15. The number of likely N-dealkylation sites (tertiary alicyclic amines) is 1. The van der Waals surface area contributed by atoms with E-state index in [2.05, 4.69) is 9.88 Å². The first kappa shape index (κ1) is 17.3. The molecule has 0 bridgehead atoms. The molecule has 1 unspecified atom stereocenters. The minimum absolute atomic E-state index is 0.0327. The number of hydrogen-bond donors (Lipinski definition) is 0. The van der Waals surface area contributed by atoms with Crippen LogP contribution in [-0.4, -0.2) is 49.6 Å². The van der Waals surface area contributed by atoms with Crippen molar-refractivity contribution < 1.29 is 14.3 Å². The summed E-state index contributed by atoms with van der Waals surface area (Å²) in [6.45, 7) is 2.91. The van der Waals surface area contributed by atoms with Crippen molar-refractivity contribution in [1.29, 1.82) is 0 Å². The molecule has 0 amide bonds. The van der Waals surface area contributed by atoms with E-state index in [9.17, 15) is 4.79 Å². The first-order valence-corrected chi connectivity index (χ1v) is 9.70. The molecule has 0 saturated carbocycles. The van der Waals surface area contributed by atoms with E-state index in [0.717, 1.165) is 37.6 Å². The third-order valence-corrected chi connectivity index (χ3v) is 5.99. The number of carbonyl (C=O) groups is 1. The number of aromatic nitrogens is 1. The second kappa shape index (κ2) is 7.25. The third-order valence-electron chi connectivity index (χ3n) is 4.84. The van der Waals surface area contributed by atoms with Crippen LogP contribution in [0.5, 0.6) is 11.5 Å². The molecule has 6 nitrogen and oxygen atoms in total. The van der Waals surface area contributed by atoms with Gasteiger partial charge in [-0.05, 0) is 37.6 Å². The van der Waals surface area contributed by atoms with Crippen molar-refractivity contribution in [1.82, 2.24) is 9.88 Å². The van der Waals surface area contributed by atoms with Gasteiger partial charge in [0.15, 0.2) is 22.4 Å². The molecular formula is C19H23N3O3S. The first-order valence-electron chi connectivity index (χ1n) is 8.88. The number of thiazole rings is 1. The maximum Gasteiger partial charge on any atom is 0.231 e. The summed E-state index contributed by atoms with van der Waals surface area (Å²) < 4.78 is 10.7. The lowest BCUT2D eigenvalue weighted by atomic mass is 9.90. The second-order valence-corrected chi connectivity index (χ2v) is 8.10. The van der Waals surface area contributed by atoms with Crippen molar-refractivity contribution in [2.24, 2.45) is 5.92 Å². The van der Waals surface area contributed by atoms with Crippen LogP contribution in [0.25, 0.3) is 0 Å². The Morgan fingerprint density at radius 1 is 1.35 bits per heavy atom. The molecule has 4 rings (SSSR count). The number of ether oxygens (including phenoxy) is 2. The third kappa shape index (κ3) is 3.54. The van der Waals surface area contributed by atoms with Crippen LogP contribution in [0.4, 0.5) is 5.13 Å². The van der Waals surface area contributed by atoms with E-state index in [-0.39, 0.29) is 18.5 Å². The van der Waals surface area contributed by atoms with Crippen LogP contribution in [0.1, 0.15) is 28.1 Å². The Labute approximate surface area is 157 Å². The first-order chi connectivity index (χ1) is 12.6. The number of piperidine rings is 1. The number of carbonyl (C=O) groups excluding carboxylic acids is 1. The van der Waals surface area contributed by atoms with Crippen LogP contribution < -0.4 is 14.4 Å². The monoisotopic (exact) mass is 373 g/mol. The van der Waals surface area contributed by atoms with E-state index < -0.39 is 0 Å². The van der Waals surface area contributed by atoms with Gasteiger partial charge in [0, 0.05) is 49.7 Å². The number of fused-ring (bicyclic) bond motifs is 1. The largest absolute Gasteiger partial charge is 0.454 e. The van der Waals surface area contributed by atoms with Crippen LogP contribution in [0.3, 0.4) is 0 Å². The van der Waals surface area contributed by atoms with E-state index in [1.54, 1.807) is 11.3 Å². The minimum Gasteiger partial charge on any atom is -0.454 e. The quantitative estimate of drug-likeness (QED) is 0.751. The van der Waals surface area contributed by atoms with Crippen molar-refractivity contribution in [3.8, 4) is 11.5 Å². The van der Waals surface area contributed by atoms with Gasteiger partial charge in [-0.25, -0.2) is 4.98 Å². The van der Waals surface area contributed by atoms with Crippen molar-refractivity contribution in [3.05, 3.63) is 34.8 Å². The average molecular weight is 373 g/mol. The number of hydrogen-bond acceptors (Lipinski definition) is 7. The van der Waals surface area contributed by atoms with Crippen LogP contribution in [-0.2, 0) is 6.54 Å². The Hall–Kier alpha value is -2.12. The number of rotatable bonds is 5. The molecule has 2 aliphatic heterocycles. The van der Waals surface area contributed by atoms with E-state index in [1.165, 1.54) is 4.88 Å². The van der Waals surface area contributed by atoms with Gasteiger partial charge >= 0.3 is 0 Å². The Bertz CT molecular complexity index is 805. The maximum atomic E-state index is 13.0. The van der Waals surface area contributed by atoms with Gasteiger partial charge in [-0.3, -0.25) is 9.69 Å². The number of anilines is 1. The van der Waals surface area contributed by atoms with E-state index in [4.69, 9.17) is 9.47 Å². The Morgan fingerprint density at radius 3 is 3.00 bits per heavy atom. The summed E-state index contributed by atoms with van der Waals surface area (Å²) in [6.07, 6.45) is 3.93. The molecule has 7 heteroatoms. The van der Waals surface area contributed by atoms with Gasteiger partial charge in [0.2, 0.25) is 6.79 Å². The van der Waals surface area contributed by atoms with Crippen LogP contribution in [0.2, 0.25) is 0 Å². The molecule has 3 heterocycles. The Balaban J connectivity index is 1.42. The van der Waals surface area contributed by atoms with Gasteiger partial charge in [-0.15, -0.1) is 11.3 Å². The lowest BCUT2D eigenvalue weighted by Crippen LogP contribution is -2.38. The summed E-state index contributed by atoms with van der Waals surface area (Å²) >= 11 is 1.71. The van der Waals surface area contributed by atoms with Gasteiger partial charge in [0.25, 0.3) is 0 Å². The van der Waals surface area contributed by atoms with Crippen molar-refractivity contribution in [3.63, 3.8) is 0 Å². The lowest BCUT2D eigenvalue weighted by molar-refractivity contribution is 0.0812. The fourth-order valence-corrected chi connectivity index (χ4v) is 4.37. The Morgan fingerprint density at radius 2 is 2.19 bits per heavy atom. The zero-order valence-electron chi connectivity index (χ0n) is 15.1. The Kier molecular flexibility index (Phi) is 4.82. The molecule has 0 aliphatic carbocycles. The predicted molar refractivity (Wildman–Crippen MR) is 101 cm³/mol. The van der Waals surface area contributed by atoms with Crippen LogP contribution >= 0.6 is 11.3 Å². The maximum absolute atomic E-state index is 13.0. The summed E-state index contributed by atoms with van der Waals surface area (Å²) in [6, 6.07) is 5.49. The van der Waals surface area contributed by atoms with E-state index >= 15 is 0 Å². The molecule has 2 aliphatic rings. The fraction of sp³-hybridized carbons (Fsp3) is 0.474. The summed E-state index contributed by atoms with van der Waals surface area (Å²) in [5, 5.41) is 1.02. The minimum atomic E-state index is 0.0327. The van der Waals surface area contributed by atoms with E-state index in [0.29, 0.717) is 17.1 Å². The SMILES string of the molecule is CN(C)c1ncc(CN2CCCC(C(=O)c3ccc4c(c3)OCO4)C2)s1. The summed E-state index contributed by atoms with van der Waals surface area (Å²) in [5.74, 6) is 1.62. The smallest absolute Gasteiger partial charge is 0.231 e. The zero-order chi connectivity index (χ0) is 18.1. The van der Waals surface area contributed by atoms with Crippen LogP contribution in [0, 0.1) is 5.92 Å². The zero-order valence-corrected chi connectivity index (χ0v) is 15.9. The number of nitrogens with zero attached hydrogens (tertiary/aromatic N) is 3. The summed E-state index contributed by atoms with van der Waals surface area (Å²) in [5.41, 5.74) is 0.716. The normalized spacial score (nSPS) is 19.5. The fourth-order valence-electron chi connectivity index (χ4n) is 3.50. The van der Waals surface area contributed by atoms with Crippen LogP contribution in [0.15, 0.2) is 24.4 Å². The second-order valence-electron chi connectivity index (χ2n) is 7.01. The van der Waals surface area contributed by atoms with Crippen molar-refractivity contribution >= 4 is 22.3 Å². The standard InChI is InChI=1S/C19H23N3O3S/c1-21(2)19-20-9-15(26-19)11-22-7-3-4-14(10-22)18(23)13-5-6-16-17(8-13)25-12-24-16/h5-6,8-9,14H,3-4,7,10-12H2,1-2H3. The van der Waals surface area contributed by atoms with Gasteiger partial charge in [0.05, 0.1) is 0 Å². The molecule has 0 radical (unpaired) electrons. The molecule has 1 aromatic heterocycles. The highest BCUT2D eigenvalue weighted by Crippen LogP contribution is 2.34. The summed E-state index contributed by atoms with van der Waals surface area (Å²) in [7, 11) is 4.01. The molecule has 138 valence electrons. The topological polar surface area (TPSA) is 54.9 Å². The van der Waals surface area contributed by atoms with Crippen molar-refractivity contribution in [2.45, 2.75) is 19.4 Å². The number of Topliss-reactive ketones (excluding diaryl/α,β-unsaturated/α-hetero) is 1. The number of benzene rings is 1. The number of ketones is 1. The van der Waals surface area contributed by atoms with Gasteiger partial charge in [0.1, 0.15) is 0 Å². The molecule has 2 aromatic rings. The molecule has 0 spiro atoms. The molecular weight excluding hydrogens is 350 g/mol. The molecule has 1 saturated heterocycles. The van der Waals surface area contributed by atoms with Crippen molar-refractivity contribution in [2.75, 3.05) is 38.9 Å². The summed E-state index contributed by atoms with van der Waals surface area (Å²) in [4.78, 5) is 23.0. The van der Waals surface area contributed by atoms with Gasteiger partial charge in [-0.1, -0.05) is 0 Å². The molecule has 0 N–H and O–H groups in total. The lowest BCUT2D eigenvalue weighted by Gasteiger charge is -2.31. The highest BCUT2D eigenvalue weighted by atomic mass is 32.1.